The molecule has 2 heterocycles. The van der Waals surface area contributed by atoms with Gasteiger partial charge in [-0.3, -0.25) is 14.5 Å². The lowest BCUT2D eigenvalue weighted by Gasteiger charge is -2.39. The van der Waals surface area contributed by atoms with Gasteiger partial charge in [0, 0.05) is 32.7 Å². The summed E-state index contributed by atoms with van der Waals surface area (Å²) in [5.41, 5.74) is 0. The second-order valence-corrected chi connectivity index (χ2v) is 4.91. The van der Waals surface area contributed by atoms with Crippen LogP contribution < -0.4 is 5.32 Å². The summed E-state index contributed by atoms with van der Waals surface area (Å²) in [5, 5.41) is 12.3. The molecular weight excluding hydrogens is 250 g/mol. The van der Waals surface area contributed by atoms with Crippen LogP contribution in [0.5, 0.6) is 0 Å². The van der Waals surface area contributed by atoms with Crippen molar-refractivity contribution >= 4 is 11.9 Å². The van der Waals surface area contributed by atoms with Crippen molar-refractivity contribution in [1.29, 1.82) is 0 Å². The van der Waals surface area contributed by atoms with Crippen LogP contribution in [0.15, 0.2) is 0 Å². The van der Waals surface area contributed by atoms with Gasteiger partial charge in [-0.15, -0.1) is 0 Å². The minimum atomic E-state index is -0.881. The Labute approximate surface area is 112 Å². The van der Waals surface area contributed by atoms with Crippen molar-refractivity contribution in [3.05, 3.63) is 0 Å². The summed E-state index contributed by atoms with van der Waals surface area (Å²) < 4.78 is 5.22. The maximum Gasteiger partial charge on any atom is 0.322 e. The zero-order valence-electron chi connectivity index (χ0n) is 11.2. The van der Waals surface area contributed by atoms with Crippen molar-refractivity contribution in [3.8, 4) is 0 Å². The summed E-state index contributed by atoms with van der Waals surface area (Å²) in [6, 6.07) is -1.03. The fourth-order valence-electron chi connectivity index (χ4n) is 2.60. The van der Waals surface area contributed by atoms with Crippen molar-refractivity contribution < 1.29 is 19.4 Å². The summed E-state index contributed by atoms with van der Waals surface area (Å²) in [5.74, 6) is -0.884. The average Bonchev–Trinajstić information content (AvgIpc) is 2.46. The third-order valence-corrected chi connectivity index (χ3v) is 3.75. The van der Waals surface area contributed by atoms with Crippen LogP contribution in [0.25, 0.3) is 0 Å². The Kier molecular flexibility index (Phi) is 4.73. The molecule has 2 aliphatic heterocycles. The summed E-state index contributed by atoms with van der Waals surface area (Å²) in [7, 11) is 0. The Hall–Kier alpha value is -1.18. The number of morpholine rings is 1. The van der Waals surface area contributed by atoms with Gasteiger partial charge in [0.25, 0.3) is 0 Å². The second kappa shape index (κ2) is 6.31. The summed E-state index contributed by atoms with van der Waals surface area (Å²) in [6.45, 7) is 5.76. The number of carbonyl (C=O) groups is 2. The van der Waals surface area contributed by atoms with Crippen molar-refractivity contribution in [1.82, 2.24) is 15.1 Å². The molecule has 0 bridgehead atoms. The molecule has 0 aromatic rings. The molecule has 2 atom stereocenters. The van der Waals surface area contributed by atoms with Crippen LogP contribution >= 0.6 is 0 Å². The van der Waals surface area contributed by atoms with E-state index in [2.05, 4.69) is 5.32 Å². The quantitative estimate of drug-likeness (QED) is 0.656. The van der Waals surface area contributed by atoms with Crippen LogP contribution in [-0.4, -0.2) is 84.8 Å². The topological polar surface area (TPSA) is 82.1 Å². The lowest BCUT2D eigenvalue weighted by Crippen LogP contribution is -2.61. The highest BCUT2D eigenvalue weighted by atomic mass is 16.5. The van der Waals surface area contributed by atoms with E-state index in [9.17, 15) is 14.7 Å². The van der Waals surface area contributed by atoms with Gasteiger partial charge in [0.2, 0.25) is 5.91 Å². The molecule has 2 unspecified atom stereocenters. The zero-order valence-corrected chi connectivity index (χ0v) is 11.2. The van der Waals surface area contributed by atoms with Gasteiger partial charge in [0.1, 0.15) is 6.04 Å². The van der Waals surface area contributed by atoms with Gasteiger partial charge in [-0.25, -0.2) is 0 Å². The highest BCUT2D eigenvalue weighted by Crippen LogP contribution is 2.12. The summed E-state index contributed by atoms with van der Waals surface area (Å²) >= 11 is 0. The molecule has 7 heteroatoms. The number of nitrogens with one attached hydrogen (secondary N) is 1. The molecule has 0 aromatic heterocycles. The highest BCUT2D eigenvalue weighted by molar-refractivity contribution is 5.83. The van der Waals surface area contributed by atoms with E-state index >= 15 is 0 Å². The first-order valence-corrected chi connectivity index (χ1v) is 6.67. The molecule has 2 rings (SSSR count). The lowest BCUT2D eigenvalue weighted by molar-refractivity contribution is -0.149. The van der Waals surface area contributed by atoms with E-state index in [0.717, 1.165) is 0 Å². The molecule has 7 nitrogen and oxygen atoms in total. The van der Waals surface area contributed by atoms with Crippen LogP contribution in [-0.2, 0) is 14.3 Å². The number of amides is 1. The summed E-state index contributed by atoms with van der Waals surface area (Å²) in [4.78, 5) is 27.2. The molecule has 1 amide bonds. The monoisotopic (exact) mass is 271 g/mol. The van der Waals surface area contributed by atoms with E-state index in [4.69, 9.17) is 4.74 Å². The van der Waals surface area contributed by atoms with Crippen molar-refractivity contribution in [2.24, 2.45) is 0 Å². The number of carboxylic acid groups (broad SMARTS) is 1. The first-order chi connectivity index (χ1) is 9.11. The number of carbonyl (C=O) groups excluding carboxylic acids is 1. The number of aliphatic carboxylic acids is 1. The van der Waals surface area contributed by atoms with Gasteiger partial charge in [0.05, 0.1) is 19.3 Å². The molecule has 2 saturated heterocycles. The molecule has 0 saturated carbocycles. The van der Waals surface area contributed by atoms with Crippen LogP contribution in [0.3, 0.4) is 0 Å². The zero-order chi connectivity index (χ0) is 13.8. The number of rotatable bonds is 3. The fourth-order valence-corrected chi connectivity index (χ4v) is 2.60. The highest BCUT2D eigenvalue weighted by Gasteiger charge is 2.36. The largest absolute Gasteiger partial charge is 0.480 e. The standard InChI is InChI=1S/C12H21N3O4/c1-9(11(16)14-4-6-19-7-5-14)15-3-2-13-8-10(15)12(17)18/h9-10,13H,2-8H2,1H3,(H,17,18). The van der Waals surface area contributed by atoms with Crippen LogP contribution in [0, 0.1) is 0 Å². The van der Waals surface area contributed by atoms with Gasteiger partial charge in [-0.1, -0.05) is 0 Å². The number of piperazine rings is 1. The van der Waals surface area contributed by atoms with Crippen LogP contribution in [0.4, 0.5) is 0 Å². The Balaban J connectivity index is 2.01. The van der Waals surface area contributed by atoms with Crippen molar-refractivity contribution in [3.63, 3.8) is 0 Å². The fraction of sp³-hybridized carbons (Fsp3) is 0.833. The Morgan fingerprint density at radius 2 is 2.00 bits per heavy atom. The molecule has 2 aliphatic rings. The lowest BCUT2D eigenvalue weighted by atomic mass is 10.1. The van der Waals surface area contributed by atoms with Gasteiger partial charge in [0.15, 0.2) is 0 Å². The van der Waals surface area contributed by atoms with Gasteiger partial charge in [-0.05, 0) is 6.92 Å². The molecule has 0 aromatic carbocycles. The number of carboxylic acids is 1. The molecule has 0 aliphatic carbocycles. The number of ether oxygens (including phenoxy) is 1. The maximum absolute atomic E-state index is 12.4. The predicted molar refractivity (Wildman–Crippen MR) is 67.9 cm³/mol. The third kappa shape index (κ3) is 3.23. The maximum atomic E-state index is 12.4. The third-order valence-electron chi connectivity index (χ3n) is 3.75. The number of hydrogen-bond donors (Lipinski definition) is 2. The second-order valence-electron chi connectivity index (χ2n) is 4.91. The molecule has 19 heavy (non-hydrogen) atoms. The van der Waals surface area contributed by atoms with E-state index < -0.39 is 18.1 Å². The van der Waals surface area contributed by atoms with E-state index in [0.29, 0.717) is 45.9 Å². The van der Waals surface area contributed by atoms with E-state index in [-0.39, 0.29) is 5.91 Å². The van der Waals surface area contributed by atoms with E-state index in [1.54, 1.807) is 16.7 Å². The van der Waals surface area contributed by atoms with Crippen LogP contribution in [0.1, 0.15) is 6.92 Å². The van der Waals surface area contributed by atoms with Gasteiger partial charge >= 0.3 is 5.97 Å². The SMILES string of the molecule is CC(C(=O)N1CCOCC1)N1CCNCC1C(=O)O. The summed E-state index contributed by atoms with van der Waals surface area (Å²) in [6.07, 6.45) is 0. The number of hydrogen-bond acceptors (Lipinski definition) is 5. The molecule has 2 N–H and O–H groups in total. The predicted octanol–water partition coefficient (Wildman–Crippen LogP) is -1.41. The molecule has 0 radical (unpaired) electrons. The Morgan fingerprint density at radius 1 is 1.32 bits per heavy atom. The Bertz CT molecular complexity index is 344. The van der Waals surface area contributed by atoms with Crippen molar-refractivity contribution in [2.45, 2.75) is 19.0 Å². The molecule has 0 spiro atoms. The van der Waals surface area contributed by atoms with Crippen LogP contribution in [0.2, 0.25) is 0 Å². The first kappa shape index (κ1) is 14.2. The van der Waals surface area contributed by atoms with Gasteiger partial charge in [-0.2, -0.15) is 0 Å². The first-order valence-electron chi connectivity index (χ1n) is 6.67. The minimum Gasteiger partial charge on any atom is -0.480 e. The number of nitrogens with zero attached hydrogens (tertiary/aromatic N) is 2. The van der Waals surface area contributed by atoms with Crippen molar-refractivity contribution in [2.75, 3.05) is 45.9 Å². The van der Waals surface area contributed by atoms with E-state index in [1.165, 1.54) is 0 Å². The minimum absolute atomic E-state index is 0.00329. The molecule has 108 valence electrons. The van der Waals surface area contributed by atoms with Gasteiger partial charge < -0.3 is 20.1 Å². The molecule has 2 fully saturated rings. The van der Waals surface area contributed by atoms with E-state index in [1.807, 2.05) is 0 Å². The smallest absolute Gasteiger partial charge is 0.322 e. The normalized spacial score (nSPS) is 27.0. The average molecular weight is 271 g/mol. The molecular formula is C12H21N3O4. The Morgan fingerprint density at radius 3 is 2.63 bits per heavy atom.